The number of fused-ring (bicyclic) bond motifs is 3. The smallest absolute Gasteiger partial charge is 0.264 e. The van der Waals surface area contributed by atoms with Crippen molar-refractivity contribution in [3.05, 3.63) is 95.3 Å². The van der Waals surface area contributed by atoms with Crippen LogP contribution in [0.5, 0.6) is 5.75 Å². The Kier molecular flexibility index (Phi) is 11.8. The summed E-state index contributed by atoms with van der Waals surface area (Å²) >= 11 is 0. The van der Waals surface area contributed by atoms with E-state index in [0.29, 0.717) is 56.8 Å². The monoisotopic (exact) mass is 782 g/mol. The van der Waals surface area contributed by atoms with Crippen molar-refractivity contribution in [2.24, 2.45) is 5.92 Å². The lowest BCUT2D eigenvalue weighted by Crippen LogP contribution is -2.49. The highest BCUT2D eigenvalue weighted by molar-refractivity contribution is 6.71. The fraction of sp³-hybridized carbons (Fsp3) is 0.476. The van der Waals surface area contributed by atoms with E-state index in [4.69, 9.17) is 9.47 Å². The van der Waals surface area contributed by atoms with Crippen LogP contribution < -0.4 is 19.9 Å². The van der Waals surface area contributed by atoms with Gasteiger partial charge in [-0.1, -0.05) is 42.5 Å². The van der Waals surface area contributed by atoms with E-state index in [1.165, 1.54) is 0 Å². The van der Waals surface area contributed by atoms with E-state index in [1.54, 1.807) is 14.5 Å². The average Bonchev–Trinajstić information content (AvgIpc) is 3.82. The quantitative estimate of drug-likeness (QED) is 0.0934. The van der Waals surface area contributed by atoms with Crippen LogP contribution in [0.1, 0.15) is 55.5 Å². The maximum absolute atomic E-state index is 15.0. The van der Waals surface area contributed by atoms with Crippen LogP contribution in [0.2, 0.25) is 18.6 Å². The minimum Gasteiger partial charge on any atom is -0.494 e. The summed E-state index contributed by atoms with van der Waals surface area (Å²) in [4.78, 5) is 44.5. The second kappa shape index (κ2) is 16.6. The summed E-state index contributed by atoms with van der Waals surface area (Å²) in [6, 6.07) is 20.9. The van der Waals surface area contributed by atoms with Crippen molar-refractivity contribution in [1.29, 1.82) is 0 Å². The molecule has 0 radical (unpaired) electrons. The lowest BCUT2D eigenvalue weighted by atomic mass is 9.82. The molecule has 5 atom stereocenters. The van der Waals surface area contributed by atoms with Crippen LogP contribution in [0, 0.1) is 5.92 Å². The first-order valence-electron chi connectivity index (χ1n) is 19.8. The number of hydrogen-bond acceptors (Lipinski definition) is 10. The van der Waals surface area contributed by atoms with E-state index in [1.807, 2.05) is 99.9 Å². The number of aliphatic hydroxyl groups excluding tert-OH is 2. The number of benzene rings is 3. The van der Waals surface area contributed by atoms with Gasteiger partial charge in [0.25, 0.3) is 5.91 Å². The molecular weight excluding hydrogens is 729 g/mol. The third-order valence-corrected chi connectivity index (χ3v) is 14.0. The van der Waals surface area contributed by atoms with Gasteiger partial charge in [-0.05, 0) is 99.8 Å². The Hall–Kier alpha value is -4.44. The zero-order chi connectivity index (χ0) is 39.6. The molecule has 4 heterocycles. The molecule has 56 heavy (non-hydrogen) atoms. The Labute approximate surface area is 329 Å². The molecule has 1 aromatic heterocycles. The van der Waals surface area contributed by atoms with Gasteiger partial charge in [-0.15, -0.1) is 5.10 Å². The fourth-order valence-corrected chi connectivity index (χ4v) is 11.7. The lowest BCUT2D eigenvalue weighted by Gasteiger charge is -2.35. The highest BCUT2D eigenvalue weighted by Crippen LogP contribution is 2.59. The second-order valence-corrected chi connectivity index (χ2v) is 19.7. The summed E-state index contributed by atoms with van der Waals surface area (Å²) < 4.78 is 14.5. The van der Waals surface area contributed by atoms with Crippen LogP contribution in [0.3, 0.4) is 0 Å². The third-order valence-electron chi connectivity index (χ3n) is 11.5. The molecule has 2 amide bonds. The van der Waals surface area contributed by atoms with Crippen molar-refractivity contribution in [2.45, 2.75) is 95.4 Å². The van der Waals surface area contributed by atoms with E-state index >= 15 is 4.79 Å². The van der Waals surface area contributed by atoms with Crippen molar-refractivity contribution in [2.75, 3.05) is 36.2 Å². The number of rotatable bonds is 16. The predicted molar refractivity (Wildman–Crippen MR) is 215 cm³/mol. The number of amides is 2. The van der Waals surface area contributed by atoms with Crippen molar-refractivity contribution in [3.63, 3.8) is 0 Å². The molecule has 1 fully saturated rings. The Morgan fingerprint density at radius 2 is 1.84 bits per heavy atom. The molecule has 0 saturated carbocycles. The molecule has 0 aliphatic carbocycles. The molecule has 3 aromatic carbocycles. The molecule has 3 aliphatic rings. The van der Waals surface area contributed by atoms with Gasteiger partial charge in [0.15, 0.2) is 13.9 Å². The van der Waals surface area contributed by atoms with Gasteiger partial charge in [-0.3, -0.25) is 19.2 Å². The standard InChI is InChI=1S/C42H54N6O7Si/c1-5-54-33-15-16-36-30(24-33)25-35(43-19-8-9-21-49)40(51)48(36)32-12-10-11-29(23-32)26-47-37-14-7-6-13-34(37)42(41(47)52)28(2)39(56(3,4)53)38(55-42)17-20-46-27-31(18-22-50)44-45-46/h6-7,10-16,23-24,27-28,35,38-39,43,49-50,53H,5,8-9,17-22,25-26H2,1-4H3/t28-,35?,38+,39-,42+/m0/s1. The molecule has 1 spiro atoms. The Bertz CT molecular complexity index is 2040. The normalized spacial score (nSPS) is 23.3. The molecule has 0 bridgehead atoms. The van der Waals surface area contributed by atoms with Crippen LogP contribution in [-0.4, -0.2) is 88.6 Å². The third kappa shape index (κ3) is 7.53. The topological polar surface area (TPSA) is 163 Å². The second-order valence-electron chi connectivity index (χ2n) is 15.7. The van der Waals surface area contributed by atoms with Gasteiger partial charge in [0.1, 0.15) is 5.75 Å². The summed E-state index contributed by atoms with van der Waals surface area (Å²) in [7, 11) is -2.86. The van der Waals surface area contributed by atoms with E-state index in [9.17, 15) is 19.8 Å². The first-order chi connectivity index (χ1) is 27.0. The first-order valence-corrected chi connectivity index (χ1v) is 22.9. The number of carbonyl (C=O) groups is 2. The molecule has 1 unspecified atom stereocenters. The highest BCUT2D eigenvalue weighted by Gasteiger charge is 2.66. The van der Waals surface area contributed by atoms with Crippen LogP contribution >= 0.6 is 0 Å². The average molecular weight is 783 g/mol. The van der Waals surface area contributed by atoms with Crippen LogP contribution in [0.15, 0.2) is 72.9 Å². The van der Waals surface area contributed by atoms with Crippen LogP contribution in [0.25, 0.3) is 0 Å². The van der Waals surface area contributed by atoms with Gasteiger partial charge in [-0.25, -0.2) is 0 Å². The number of unbranched alkanes of at least 4 members (excludes halogenated alkanes) is 1. The maximum Gasteiger partial charge on any atom is 0.264 e. The van der Waals surface area contributed by atoms with E-state index < -0.39 is 26.1 Å². The van der Waals surface area contributed by atoms with Crippen LogP contribution in [0.4, 0.5) is 17.1 Å². The molecule has 4 aromatic rings. The number of aromatic nitrogens is 3. The van der Waals surface area contributed by atoms with Gasteiger partial charge < -0.3 is 34.7 Å². The molecule has 14 heteroatoms. The Morgan fingerprint density at radius 1 is 1.02 bits per heavy atom. The highest BCUT2D eigenvalue weighted by atomic mass is 28.4. The first kappa shape index (κ1) is 39.8. The zero-order valence-corrected chi connectivity index (χ0v) is 33.7. The van der Waals surface area contributed by atoms with E-state index in [-0.39, 0.29) is 43.0 Å². The summed E-state index contributed by atoms with van der Waals surface area (Å²) in [6.07, 6.45) is 4.29. The lowest BCUT2D eigenvalue weighted by molar-refractivity contribution is -0.146. The summed E-state index contributed by atoms with van der Waals surface area (Å²) in [6.45, 7) is 9.79. The largest absolute Gasteiger partial charge is 0.494 e. The number of aliphatic hydroxyl groups is 2. The van der Waals surface area contributed by atoms with Crippen molar-refractivity contribution >= 4 is 37.2 Å². The SMILES string of the molecule is CCOc1ccc2c(c1)CC(NCCCCO)C(=O)N2c1cccc(CN2C(=O)[C@]3(O[C@H](CCn4cc(CCO)nn4)[C@@H]([Si](C)(C)O)[C@@H]3C)c3ccccc32)c1. The molecule has 7 rings (SSSR count). The summed E-state index contributed by atoms with van der Waals surface area (Å²) in [5, 5.41) is 30.4. The van der Waals surface area contributed by atoms with E-state index in [2.05, 4.69) is 15.6 Å². The Balaban J connectivity index is 1.18. The van der Waals surface area contributed by atoms with Crippen LogP contribution in [-0.2, 0) is 45.9 Å². The molecular formula is C42H54N6O7Si. The summed E-state index contributed by atoms with van der Waals surface area (Å²) in [5.74, 6) is 0.208. The molecule has 298 valence electrons. The van der Waals surface area contributed by atoms with Gasteiger partial charge in [0.2, 0.25) is 5.91 Å². The summed E-state index contributed by atoms with van der Waals surface area (Å²) in [5.41, 5.74) is 4.09. The predicted octanol–water partition coefficient (Wildman–Crippen LogP) is 4.60. The Morgan fingerprint density at radius 3 is 2.61 bits per heavy atom. The van der Waals surface area contributed by atoms with Gasteiger partial charge in [0, 0.05) is 55.1 Å². The number of ether oxygens (including phenoxy) is 2. The number of hydrogen-bond donors (Lipinski definition) is 4. The van der Waals surface area contributed by atoms with Gasteiger partial charge in [-0.2, -0.15) is 0 Å². The fourth-order valence-electron chi connectivity index (χ4n) is 9.09. The number of para-hydroxylation sites is 1. The molecule has 1 saturated heterocycles. The van der Waals surface area contributed by atoms with Crippen molar-refractivity contribution in [1.82, 2.24) is 20.3 Å². The maximum atomic E-state index is 15.0. The number of anilines is 3. The molecule has 4 N–H and O–H groups in total. The zero-order valence-electron chi connectivity index (χ0n) is 32.7. The van der Waals surface area contributed by atoms with E-state index in [0.717, 1.165) is 40.2 Å². The molecule has 3 aliphatic heterocycles. The van der Waals surface area contributed by atoms with Gasteiger partial charge >= 0.3 is 0 Å². The number of nitrogens with one attached hydrogen (secondary N) is 1. The minimum atomic E-state index is -2.86. The van der Waals surface area contributed by atoms with Crippen molar-refractivity contribution < 1.29 is 34.1 Å². The number of aryl methyl sites for hydroxylation is 1. The number of nitrogens with zero attached hydrogens (tertiary/aromatic N) is 5. The number of carbonyl (C=O) groups excluding carboxylic acids is 2. The minimum absolute atomic E-state index is 0.0100. The van der Waals surface area contributed by atoms with Gasteiger partial charge in [0.05, 0.1) is 42.4 Å². The van der Waals surface area contributed by atoms with Crippen molar-refractivity contribution in [3.8, 4) is 5.75 Å². The molecule has 13 nitrogen and oxygen atoms in total.